The lowest BCUT2D eigenvalue weighted by molar-refractivity contribution is 0.0659. The van der Waals surface area contributed by atoms with Crippen molar-refractivity contribution in [3.63, 3.8) is 0 Å². The number of aliphatic hydroxyl groups is 1. The summed E-state index contributed by atoms with van der Waals surface area (Å²) in [4.78, 5) is 4.85. The third-order valence-corrected chi connectivity index (χ3v) is 5.60. The van der Waals surface area contributed by atoms with Crippen LogP contribution in [0.3, 0.4) is 0 Å². The van der Waals surface area contributed by atoms with Crippen molar-refractivity contribution >= 4 is 17.3 Å². The molecule has 3 rings (SSSR count). The van der Waals surface area contributed by atoms with Gasteiger partial charge in [-0.05, 0) is 24.3 Å². The molecule has 0 saturated heterocycles. The predicted molar refractivity (Wildman–Crippen MR) is 124 cm³/mol. The fourth-order valence-corrected chi connectivity index (χ4v) is 3.38. The minimum Gasteiger partial charge on any atom is -0.391 e. The fourth-order valence-electron chi connectivity index (χ4n) is 3.38. The lowest BCUT2D eigenvalue weighted by Gasteiger charge is -2.25. The van der Waals surface area contributed by atoms with Gasteiger partial charge < -0.3 is 15.8 Å². The van der Waals surface area contributed by atoms with Crippen molar-refractivity contribution in [1.82, 2.24) is 29.7 Å². The van der Waals surface area contributed by atoms with Crippen molar-refractivity contribution in [2.24, 2.45) is 5.41 Å². The zero-order chi connectivity index (χ0) is 22.6. The Morgan fingerprint density at radius 2 is 1.97 bits per heavy atom. The summed E-state index contributed by atoms with van der Waals surface area (Å²) in [6.07, 6.45) is 11.9. The maximum absolute atomic E-state index is 10.2. The Bertz CT molecular complexity index is 1050. The molecule has 8 nitrogen and oxygen atoms in total. The van der Waals surface area contributed by atoms with E-state index in [0.717, 1.165) is 29.6 Å². The second kappa shape index (κ2) is 9.43. The van der Waals surface area contributed by atoms with Gasteiger partial charge in [-0.1, -0.05) is 34.6 Å². The van der Waals surface area contributed by atoms with E-state index in [2.05, 4.69) is 29.4 Å². The number of allylic oxidation sites excluding steroid dienone is 1. The van der Waals surface area contributed by atoms with Gasteiger partial charge in [0.15, 0.2) is 0 Å². The quantitative estimate of drug-likeness (QED) is 0.452. The smallest absolute Gasteiger partial charge is 0.0999 e. The van der Waals surface area contributed by atoms with Gasteiger partial charge >= 0.3 is 0 Å². The summed E-state index contributed by atoms with van der Waals surface area (Å²) < 4.78 is 3.77. The van der Waals surface area contributed by atoms with Gasteiger partial charge in [0.25, 0.3) is 0 Å². The van der Waals surface area contributed by atoms with Crippen LogP contribution in [0.1, 0.15) is 59.2 Å². The van der Waals surface area contributed by atoms with Crippen LogP contribution >= 0.6 is 0 Å². The molecule has 3 heterocycles. The second-order valence-electron chi connectivity index (χ2n) is 8.85. The zero-order valence-electron chi connectivity index (χ0n) is 19.0. The molecule has 0 aliphatic rings. The molecule has 0 fully saturated rings. The Kier molecular flexibility index (Phi) is 6.90. The first-order valence-corrected chi connectivity index (χ1v) is 10.8. The largest absolute Gasteiger partial charge is 0.391 e. The fraction of sp³-hybridized carbons (Fsp3) is 0.478. The van der Waals surface area contributed by atoms with E-state index in [1.54, 1.807) is 16.9 Å². The van der Waals surface area contributed by atoms with E-state index < -0.39 is 6.10 Å². The van der Waals surface area contributed by atoms with Crippen molar-refractivity contribution in [3.05, 3.63) is 42.7 Å². The van der Waals surface area contributed by atoms with E-state index >= 15 is 0 Å². The van der Waals surface area contributed by atoms with E-state index in [4.69, 9.17) is 10.4 Å². The van der Waals surface area contributed by atoms with Crippen LogP contribution in [-0.2, 0) is 0 Å². The molecular weight excluding hydrogens is 390 g/mol. The Morgan fingerprint density at radius 3 is 2.61 bits per heavy atom. The lowest BCUT2D eigenvalue weighted by atomic mass is 9.89. The maximum atomic E-state index is 10.2. The van der Waals surface area contributed by atoms with Crippen molar-refractivity contribution < 1.29 is 5.11 Å². The molecular formula is C23H33N7O. The molecule has 166 valence electrons. The van der Waals surface area contributed by atoms with Gasteiger partial charge in [-0.3, -0.25) is 4.68 Å². The molecule has 3 aromatic heterocycles. The molecule has 3 N–H and O–H groups in total. The number of hydrogen-bond donors (Lipinski definition) is 3. The van der Waals surface area contributed by atoms with Gasteiger partial charge in [0.2, 0.25) is 0 Å². The second-order valence-corrected chi connectivity index (χ2v) is 8.85. The Balaban J connectivity index is 1.96. The van der Waals surface area contributed by atoms with E-state index in [-0.39, 0.29) is 5.41 Å². The number of aliphatic hydroxyl groups excluding tert-OH is 1. The standard InChI is InChI=1S/C23H33N7O/c1-6-18(7-2)29-14-17(12-27-29)22-20-8-9-26-30(20)15-19(28-22)16(10-24)11-25-13-21(31)23(3,4)5/h8-12,14-15,18,21,24-25,31H,6-7,13H2,1-5H3/b16-11+,24-10?. The van der Waals surface area contributed by atoms with Crippen LogP contribution in [0.15, 0.2) is 37.1 Å². The summed E-state index contributed by atoms with van der Waals surface area (Å²) in [6.45, 7) is 10.7. The van der Waals surface area contributed by atoms with Gasteiger partial charge in [0.1, 0.15) is 0 Å². The Morgan fingerprint density at radius 1 is 1.23 bits per heavy atom. The molecule has 3 aromatic rings. The van der Waals surface area contributed by atoms with Crippen LogP contribution in [0.25, 0.3) is 22.3 Å². The first kappa shape index (κ1) is 22.7. The van der Waals surface area contributed by atoms with E-state index in [1.165, 1.54) is 6.21 Å². The SMILES string of the molecule is CCC(CC)n1cc(-c2nc(/C(C=N)=C/NCC(O)C(C)(C)C)cn3nccc23)cn1. The molecule has 31 heavy (non-hydrogen) atoms. The van der Waals surface area contributed by atoms with Crippen LogP contribution in [-0.4, -0.2) is 48.3 Å². The Hall–Kier alpha value is -3.00. The van der Waals surface area contributed by atoms with E-state index in [1.807, 2.05) is 50.1 Å². The highest BCUT2D eigenvalue weighted by atomic mass is 16.3. The summed E-state index contributed by atoms with van der Waals surface area (Å²) in [6, 6.07) is 2.28. The topological polar surface area (TPSA) is 104 Å². The molecule has 0 aliphatic heterocycles. The third-order valence-electron chi connectivity index (χ3n) is 5.60. The summed E-state index contributed by atoms with van der Waals surface area (Å²) in [5.41, 5.74) is 3.57. The van der Waals surface area contributed by atoms with Gasteiger partial charge in [0.05, 0.1) is 47.6 Å². The molecule has 0 bridgehead atoms. The minimum atomic E-state index is -0.510. The number of fused-ring (bicyclic) bond motifs is 1. The van der Waals surface area contributed by atoms with E-state index in [9.17, 15) is 5.11 Å². The molecule has 0 spiro atoms. The minimum absolute atomic E-state index is 0.222. The van der Waals surface area contributed by atoms with Crippen molar-refractivity contribution in [1.29, 1.82) is 5.41 Å². The molecule has 1 atom stereocenters. The predicted octanol–water partition coefficient (Wildman–Crippen LogP) is 3.94. The monoisotopic (exact) mass is 423 g/mol. The molecule has 0 aliphatic carbocycles. The van der Waals surface area contributed by atoms with Gasteiger partial charge in [0, 0.05) is 36.3 Å². The molecule has 1 unspecified atom stereocenters. The van der Waals surface area contributed by atoms with Crippen molar-refractivity contribution in [3.8, 4) is 11.3 Å². The number of hydrogen-bond acceptors (Lipinski definition) is 6. The van der Waals surface area contributed by atoms with Gasteiger partial charge in [-0.25, -0.2) is 9.50 Å². The Labute approximate surface area is 183 Å². The number of rotatable bonds is 9. The number of nitrogens with zero attached hydrogens (tertiary/aromatic N) is 5. The van der Waals surface area contributed by atoms with Gasteiger partial charge in [-0.15, -0.1) is 0 Å². The first-order valence-electron chi connectivity index (χ1n) is 10.8. The highest BCUT2D eigenvalue weighted by Crippen LogP contribution is 2.26. The van der Waals surface area contributed by atoms with Crippen molar-refractivity contribution in [2.45, 2.75) is 59.6 Å². The first-order chi connectivity index (χ1) is 14.8. The average Bonchev–Trinajstić information content (AvgIpc) is 3.40. The third kappa shape index (κ3) is 5.02. The maximum Gasteiger partial charge on any atom is 0.0999 e. The van der Waals surface area contributed by atoms with Crippen LogP contribution < -0.4 is 5.32 Å². The van der Waals surface area contributed by atoms with E-state index in [0.29, 0.717) is 23.9 Å². The highest BCUT2D eigenvalue weighted by molar-refractivity contribution is 6.07. The van der Waals surface area contributed by atoms with Crippen LogP contribution in [0.4, 0.5) is 0 Å². The van der Waals surface area contributed by atoms with Gasteiger partial charge in [-0.2, -0.15) is 10.2 Å². The normalized spacial score (nSPS) is 13.7. The molecule has 0 saturated carbocycles. The zero-order valence-corrected chi connectivity index (χ0v) is 19.0. The molecule has 8 heteroatoms. The molecule has 0 aromatic carbocycles. The summed E-state index contributed by atoms with van der Waals surface area (Å²) >= 11 is 0. The van der Waals surface area contributed by atoms with Crippen molar-refractivity contribution in [2.75, 3.05) is 6.54 Å². The van der Waals surface area contributed by atoms with Crippen LogP contribution in [0, 0.1) is 10.8 Å². The average molecular weight is 424 g/mol. The highest BCUT2D eigenvalue weighted by Gasteiger charge is 2.21. The summed E-state index contributed by atoms with van der Waals surface area (Å²) in [5.74, 6) is 0. The van der Waals surface area contributed by atoms with Crippen LogP contribution in [0.2, 0.25) is 0 Å². The number of nitrogens with one attached hydrogen (secondary N) is 2. The summed E-state index contributed by atoms with van der Waals surface area (Å²) in [5, 5.41) is 30.2. The molecule has 0 amide bonds. The lowest BCUT2D eigenvalue weighted by Crippen LogP contribution is -2.34. The molecule has 0 radical (unpaired) electrons. The number of aromatic nitrogens is 5. The summed E-state index contributed by atoms with van der Waals surface area (Å²) in [7, 11) is 0. The van der Waals surface area contributed by atoms with Crippen LogP contribution in [0.5, 0.6) is 0 Å².